The highest BCUT2D eigenvalue weighted by atomic mass is 31.1. The van der Waals surface area contributed by atoms with Crippen LogP contribution in [0.1, 0.15) is 50.8 Å². The number of benzene rings is 1. The van der Waals surface area contributed by atoms with E-state index in [0.29, 0.717) is 5.56 Å². The highest BCUT2D eigenvalue weighted by molar-refractivity contribution is 7.34. The summed E-state index contributed by atoms with van der Waals surface area (Å²) >= 11 is 0. The van der Waals surface area contributed by atoms with Gasteiger partial charge in [0.15, 0.2) is 34.8 Å². The van der Waals surface area contributed by atoms with Crippen LogP contribution >= 0.6 is 8.17 Å². The van der Waals surface area contributed by atoms with Gasteiger partial charge in [0.05, 0.1) is 14.8 Å². The standard InChI is InChI=1S/C24H30FN6O8P/c1-11(2)13-7-6-8-14(39-40(35)30-12(3)21(33)34)17(13)37-9-15-18(32)24(4,25)22(38-15)31-10-27-16-19(31)28-23(26)29-20(16)36-5/h6-8,10-12,15,18,22,32H,9H2,1-5H3,(H,33,34)(H2,26,28,29)/t12-,15+,18+,22+,24+/m0/s1/i3D3,12D. The first-order valence-corrected chi connectivity index (χ1v) is 13.0. The summed E-state index contributed by atoms with van der Waals surface area (Å²) in [6.45, 7) is 0.809. The fourth-order valence-electron chi connectivity index (χ4n) is 4.18. The molecule has 2 aromatic heterocycles. The number of para-hydroxylation sites is 1. The number of hydrogen-bond acceptors (Lipinski definition) is 12. The predicted octanol–water partition coefficient (Wildman–Crippen LogP) is 2.31. The van der Waals surface area contributed by atoms with Gasteiger partial charge in [-0.3, -0.25) is 9.09 Å². The molecule has 16 heteroatoms. The molecule has 1 unspecified atom stereocenters. The third-order valence-electron chi connectivity index (χ3n) is 6.15. The van der Waals surface area contributed by atoms with Crippen molar-refractivity contribution in [1.29, 1.82) is 0 Å². The fraction of sp³-hybridized carbons (Fsp3) is 0.500. The molecule has 0 radical (unpaired) electrons. The Morgan fingerprint density at radius 3 is 2.88 bits per heavy atom. The summed E-state index contributed by atoms with van der Waals surface area (Å²) in [5.74, 6) is -2.73. The molecule has 216 valence electrons. The number of ether oxygens (including phenoxy) is 3. The quantitative estimate of drug-likeness (QED) is 0.294. The fourth-order valence-corrected chi connectivity index (χ4v) is 4.78. The second-order valence-electron chi connectivity index (χ2n) is 9.26. The van der Waals surface area contributed by atoms with Crippen LogP contribution in [-0.2, 0) is 9.53 Å². The Labute approximate surface area is 235 Å². The van der Waals surface area contributed by atoms with Gasteiger partial charge in [0.25, 0.3) is 0 Å². The maximum Gasteiger partial charge on any atom is 0.395 e. The minimum absolute atomic E-state index is 0.0287. The molecule has 40 heavy (non-hydrogen) atoms. The maximum absolute atomic E-state index is 16.0. The van der Waals surface area contributed by atoms with Crippen molar-refractivity contribution in [2.45, 2.75) is 63.7 Å². The van der Waals surface area contributed by atoms with Crippen molar-refractivity contribution in [3.8, 4) is 17.4 Å². The van der Waals surface area contributed by atoms with Crippen LogP contribution in [0.3, 0.4) is 0 Å². The number of methoxy groups -OCH3 is 1. The second kappa shape index (κ2) is 11.5. The molecule has 0 saturated carbocycles. The van der Waals surface area contributed by atoms with Crippen LogP contribution in [0.25, 0.3) is 11.2 Å². The van der Waals surface area contributed by atoms with Crippen molar-refractivity contribution in [2.24, 2.45) is 4.74 Å². The molecule has 1 aromatic carbocycles. The van der Waals surface area contributed by atoms with Gasteiger partial charge >= 0.3 is 14.1 Å². The number of fused-ring (bicyclic) bond motifs is 1. The zero-order valence-corrected chi connectivity index (χ0v) is 22.7. The molecule has 14 nitrogen and oxygen atoms in total. The molecule has 1 saturated heterocycles. The molecule has 4 rings (SSSR count). The van der Waals surface area contributed by atoms with Gasteiger partial charge in [-0.15, -0.1) is 0 Å². The topological polar surface area (TPSA) is 199 Å². The normalized spacial score (nSPS) is 26.5. The molecule has 0 bridgehead atoms. The summed E-state index contributed by atoms with van der Waals surface area (Å²) in [6, 6.07) is 0.997. The highest BCUT2D eigenvalue weighted by Gasteiger charge is 2.55. The van der Waals surface area contributed by atoms with Gasteiger partial charge < -0.3 is 35.1 Å². The summed E-state index contributed by atoms with van der Waals surface area (Å²) in [7, 11) is -2.06. The number of halogens is 1. The van der Waals surface area contributed by atoms with Gasteiger partial charge in [-0.2, -0.15) is 9.97 Å². The lowest BCUT2D eigenvalue weighted by Crippen LogP contribution is -2.41. The van der Waals surface area contributed by atoms with E-state index < -0.39 is 57.7 Å². The lowest BCUT2D eigenvalue weighted by Gasteiger charge is -2.24. The van der Waals surface area contributed by atoms with Crippen LogP contribution in [-0.4, -0.2) is 73.3 Å². The number of imidazole rings is 1. The zero-order chi connectivity index (χ0) is 32.8. The number of hydrogen-bond donors (Lipinski definition) is 3. The Morgan fingerprint density at radius 1 is 1.48 bits per heavy atom. The first-order chi connectivity index (χ1) is 20.4. The van der Waals surface area contributed by atoms with Crippen molar-refractivity contribution >= 4 is 31.2 Å². The predicted molar refractivity (Wildman–Crippen MR) is 139 cm³/mol. The Balaban J connectivity index is 1.63. The third-order valence-corrected chi connectivity index (χ3v) is 6.87. The molecule has 6 atom stereocenters. The number of aliphatic hydroxyl groups is 1. The Hall–Kier alpha value is -3.65. The molecule has 1 fully saturated rings. The van der Waals surface area contributed by atoms with Gasteiger partial charge in [-0.05, 0) is 25.8 Å². The number of nitrogen functional groups attached to an aromatic ring is 1. The minimum Gasteiger partial charge on any atom is -0.575 e. The Kier molecular flexibility index (Phi) is 6.92. The van der Waals surface area contributed by atoms with Crippen LogP contribution < -0.4 is 24.6 Å². The van der Waals surface area contributed by atoms with E-state index >= 15 is 4.39 Å². The summed E-state index contributed by atoms with van der Waals surface area (Å²) in [5.41, 5.74) is 4.15. The molecule has 4 N–H and O–H groups in total. The molecule has 0 aliphatic carbocycles. The van der Waals surface area contributed by atoms with E-state index in [9.17, 15) is 19.9 Å². The lowest BCUT2D eigenvalue weighted by atomic mass is 9.98. The molecule has 0 spiro atoms. The van der Waals surface area contributed by atoms with E-state index in [0.717, 1.165) is 6.92 Å². The van der Waals surface area contributed by atoms with Crippen LogP contribution in [0, 0.1) is 0 Å². The number of aliphatic carboxylic acids is 1. The van der Waals surface area contributed by atoms with Gasteiger partial charge in [-0.25, -0.2) is 14.2 Å². The minimum atomic E-state index is -3.46. The third kappa shape index (κ3) is 5.63. The Morgan fingerprint density at radius 2 is 2.23 bits per heavy atom. The monoisotopic (exact) mass is 584 g/mol. The van der Waals surface area contributed by atoms with E-state index in [1.165, 1.54) is 30.1 Å². The van der Waals surface area contributed by atoms with Gasteiger partial charge in [0.1, 0.15) is 18.8 Å². The molecular weight excluding hydrogens is 550 g/mol. The number of nitrogens with two attached hydrogens (primary N) is 1. The van der Waals surface area contributed by atoms with E-state index in [1.807, 2.05) is 0 Å². The van der Waals surface area contributed by atoms with Crippen LogP contribution in [0.5, 0.6) is 17.4 Å². The smallest absolute Gasteiger partial charge is 0.395 e. The van der Waals surface area contributed by atoms with E-state index in [4.69, 9.17) is 30.0 Å². The maximum atomic E-state index is 16.0. The van der Waals surface area contributed by atoms with Gasteiger partial charge in [-0.1, -0.05) is 30.7 Å². The Bertz CT molecular complexity index is 1590. The first kappa shape index (κ1) is 24.2. The van der Waals surface area contributed by atoms with E-state index in [1.54, 1.807) is 19.9 Å². The van der Waals surface area contributed by atoms with Crippen molar-refractivity contribution in [3.05, 3.63) is 30.1 Å². The first-order valence-electron chi connectivity index (χ1n) is 13.9. The zero-order valence-electron chi connectivity index (χ0n) is 25.8. The summed E-state index contributed by atoms with van der Waals surface area (Å²) < 4.78 is 72.5. The van der Waals surface area contributed by atoms with Crippen molar-refractivity contribution in [1.82, 2.24) is 19.5 Å². The largest absolute Gasteiger partial charge is 0.575 e. The van der Waals surface area contributed by atoms with Crippen molar-refractivity contribution in [3.63, 3.8) is 0 Å². The lowest BCUT2D eigenvalue weighted by molar-refractivity contribution is -0.169. The summed E-state index contributed by atoms with van der Waals surface area (Å²) in [5, 5.41) is 20.2. The van der Waals surface area contributed by atoms with Gasteiger partial charge in [0.2, 0.25) is 17.6 Å². The number of anilines is 1. The summed E-state index contributed by atoms with van der Waals surface area (Å²) in [4.78, 5) is 36.4. The average Bonchev–Trinajstić information content (AvgIpc) is 3.43. The highest BCUT2D eigenvalue weighted by Crippen LogP contribution is 2.44. The van der Waals surface area contributed by atoms with Gasteiger partial charge in [0, 0.05) is 9.68 Å². The SMILES string of the molecule is [2H]C([2H])([2H])[C@]([2H])(N=[P+]([O-])Oc1cccc(C(C)C)c1OC[C@H]1O[C@@H](n2cnc3c(OC)nc(N)nc32)[C@](C)(F)[C@@H]1O)C(=O)O. The van der Waals surface area contributed by atoms with Crippen molar-refractivity contribution < 1.29 is 48.5 Å². The molecular formula is C24H30FN6O8P. The van der Waals surface area contributed by atoms with E-state index in [-0.39, 0.29) is 40.4 Å². The molecule has 3 aromatic rings. The molecule has 1 aliphatic rings. The number of nitrogens with zero attached hydrogens (tertiary/aromatic N) is 5. The number of carboxylic acids is 1. The molecule has 3 heterocycles. The number of alkyl halides is 1. The molecule has 1 aliphatic heterocycles. The second-order valence-corrected chi connectivity index (χ2v) is 10.1. The van der Waals surface area contributed by atoms with Crippen LogP contribution in [0.15, 0.2) is 29.3 Å². The number of rotatable bonds is 10. The summed E-state index contributed by atoms with van der Waals surface area (Å²) in [6.07, 6.45) is -3.21. The van der Waals surface area contributed by atoms with E-state index in [2.05, 4.69) is 19.7 Å². The number of aliphatic hydroxyl groups excluding tert-OH is 1. The number of aromatic nitrogens is 4. The number of carbonyl (C=O) groups is 1. The van der Waals surface area contributed by atoms with Crippen LogP contribution in [0.2, 0.25) is 0 Å². The number of carboxylic acid groups (broad SMARTS) is 1. The van der Waals surface area contributed by atoms with Crippen LogP contribution in [0.4, 0.5) is 10.3 Å². The van der Waals surface area contributed by atoms with Crippen molar-refractivity contribution in [2.75, 3.05) is 19.5 Å². The average molecular weight is 585 g/mol. The molecule has 0 amide bonds.